The Morgan fingerprint density at radius 1 is 1.48 bits per heavy atom. The summed E-state index contributed by atoms with van der Waals surface area (Å²) in [4.78, 5) is 27.0. The highest BCUT2D eigenvalue weighted by molar-refractivity contribution is 9.10. The van der Waals surface area contributed by atoms with Crippen molar-refractivity contribution in [3.63, 3.8) is 0 Å². The quantitative estimate of drug-likeness (QED) is 0.814. The largest absolute Gasteiger partial charge is 0.422 e. The number of rotatable bonds is 2. The molecule has 1 amide bonds. The Kier molecular flexibility index (Phi) is 4.29. The Bertz CT molecular complexity index is 830. The van der Waals surface area contributed by atoms with Crippen molar-refractivity contribution in [2.45, 2.75) is 26.3 Å². The third-order valence-electron chi connectivity index (χ3n) is 4.60. The Balaban J connectivity index is 2.09. The predicted molar refractivity (Wildman–Crippen MR) is 92.6 cm³/mol. The molecule has 0 spiro atoms. The van der Waals surface area contributed by atoms with Gasteiger partial charge in [0.25, 0.3) is 5.91 Å². The van der Waals surface area contributed by atoms with E-state index in [1.807, 2.05) is 13.0 Å². The highest BCUT2D eigenvalue weighted by atomic mass is 79.9. The zero-order chi connectivity index (χ0) is 16.7. The second-order valence-corrected chi connectivity index (χ2v) is 7.09. The average Bonchev–Trinajstić information content (AvgIpc) is 2.89. The molecule has 1 aliphatic rings. The van der Waals surface area contributed by atoms with Crippen molar-refractivity contribution >= 4 is 32.8 Å². The van der Waals surface area contributed by atoms with Crippen LogP contribution in [0.3, 0.4) is 0 Å². The van der Waals surface area contributed by atoms with Gasteiger partial charge >= 0.3 is 5.63 Å². The zero-order valence-corrected chi connectivity index (χ0v) is 14.7. The Morgan fingerprint density at radius 2 is 2.22 bits per heavy atom. The standard InChI is InChI=1S/C17H19BrN2O3/c1-9-5-11(7-19)8-20(9)16(21)15-10(2)13-6-12(18)3-4-14(13)23-17(15)22/h3-4,6,9,11H,5,7-8,19H2,1-2H3. The van der Waals surface area contributed by atoms with E-state index in [4.69, 9.17) is 10.2 Å². The molecule has 23 heavy (non-hydrogen) atoms. The van der Waals surface area contributed by atoms with Gasteiger partial charge in [0.1, 0.15) is 11.1 Å². The zero-order valence-electron chi connectivity index (χ0n) is 13.1. The van der Waals surface area contributed by atoms with Gasteiger partial charge in [0.2, 0.25) is 0 Å². The normalized spacial score (nSPS) is 21.1. The topological polar surface area (TPSA) is 76.5 Å². The molecule has 0 bridgehead atoms. The summed E-state index contributed by atoms with van der Waals surface area (Å²) in [6.45, 7) is 4.92. The summed E-state index contributed by atoms with van der Waals surface area (Å²) in [6, 6.07) is 5.47. The molecule has 1 fully saturated rings. The van der Waals surface area contributed by atoms with Crippen LogP contribution in [0, 0.1) is 12.8 Å². The summed E-state index contributed by atoms with van der Waals surface area (Å²) in [7, 11) is 0. The molecule has 2 heterocycles. The van der Waals surface area contributed by atoms with E-state index in [0.29, 0.717) is 24.2 Å². The summed E-state index contributed by atoms with van der Waals surface area (Å²) in [5.74, 6) is 0.0254. The molecular weight excluding hydrogens is 360 g/mol. The molecule has 2 aromatic rings. The lowest BCUT2D eigenvalue weighted by molar-refractivity contribution is 0.0738. The molecule has 0 saturated carbocycles. The first-order chi connectivity index (χ1) is 10.9. The summed E-state index contributed by atoms with van der Waals surface area (Å²) in [6.07, 6.45) is 0.867. The number of nitrogens with zero attached hydrogens (tertiary/aromatic N) is 1. The molecule has 2 unspecified atom stereocenters. The Hall–Kier alpha value is -1.66. The summed E-state index contributed by atoms with van der Waals surface area (Å²) >= 11 is 3.41. The van der Waals surface area contributed by atoms with Crippen LogP contribution in [0.2, 0.25) is 0 Å². The molecule has 5 nitrogen and oxygen atoms in total. The maximum Gasteiger partial charge on any atom is 0.349 e. The van der Waals surface area contributed by atoms with Crippen LogP contribution in [0.1, 0.15) is 29.3 Å². The van der Waals surface area contributed by atoms with E-state index in [2.05, 4.69) is 15.9 Å². The first kappa shape index (κ1) is 16.2. The minimum atomic E-state index is -0.578. The van der Waals surface area contributed by atoms with Gasteiger partial charge < -0.3 is 15.1 Å². The minimum absolute atomic E-state index is 0.0769. The van der Waals surface area contributed by atoms with Gasteiger partial charge in [-0.25, -0.2) is 4.79 Å². The van der Waals surface area contributed by atoms with Crippen molar-refractivity contribution in [2.24, 2.45) is 11.7 Å². The molecule has 1 aromatic carbocycles. The van der Waals surface area contributed by atoms with Crippen LogP contribution in [-0.2, 0) is 0 Å². The number of fused-ring (bicyclic) bond motifs is 1. The molecule has 3 rings (SSSR count). The van der Waals surface area contributed by atoms with E-state index < -0.39 is 5.63 Å². The molecule has 0 radical (unpaired) electrons. The van der Waals surface area contributed by atoms with E-state index >= 15 is 0 Å². The highest BCUT2D eigenvalue weighted by Gasteiger charge is 2.34. The van der Waals surface area contributed by atoms with Gasteiger partial charge in [-0.05, 0) is 56.5 Å². The number of hydrogen-bond acceptors (Lipinski definition) is 4. The number of benzene rings is 1. The SMILES string of the molecule is Cc1c(C(=O)N2CC(CN)CC2C)c(=O)oc2ccc(Br)cc12. The fourth-order valence-corrected chi connectivity index (χ4v) is 3.67. The van der Waals surface area contributed by atoms with Crippen molar-refractivity contribution in [2.75, 3.05) is 13.1 Å². The second-order valence-electron chi connectivity index (χ2n) is 6.17. The van der Waals surface area contributed by atoms with E-state index in [1.165, 1.54) is 0 Å². The summed E-state index contributed by atoms with van der Waals surface area (Å²) in [5, 5.41) is 0.768. The highest BCUT2D eigenvalue weighted by Crippen LogP contribution is 2.27. The third kappa shape index (κ3) is 2.81. The molecule has 1 aliphatic heterocycles. The first-order valence-corrected chi connectivity index (χ1v) is 8.45. The van der Waals surface area contributed by atoms with E-state index in [9.17, 15) is 9.59 Å². The molecule has 1 aromatic heterocycles. The summed E-state index contributed by atoms with van der Waals surface area (Å²) in [5.41, 5.74) is 6.42. The molecule has 0 aliphatic carbocycles. The number of nitrogens with two attached hydrogens (primary N) is 1. The lowest BCUT2D eigenvalue weighted by Gasteiger charge is -2.22. The molecule has 6 heteroatoms. The average molecular weight is 379 g/mol. The Morgan fingerprint density at radius 3 is 2.87 bits per heavy atom. The second kappa shape index (κ2) is 6.09. The smallest absolute Gasteiger partial charge is 0.349 e. The number of carbonyl (C=O) groups is 1. The lowest BCUT2D eigenvalue weighted by atomic mass is 10.0. The molecule has 2 atom stereocenters. The van der Waals surface area contributed by atoms with Crippen molar-refractivity contribution in [3.05, 3.63) is 44.2 Å². The van der Waals surface area contributed by atoms with Crippen LogP contribution in [0.15, 0.2) is 31.9 Å². The van der Waals surface area contributed by atoms with Gasteiger partial charge in [0, 0.05) is 22.4 Å². The van der Waals surface area contributed by atoms with E-state index in [1.54, 1.807) is 24.0 Å². The van der Waals surface area contributed by atoms with Crippen molar-refractivity contribution in [1.82, 2.24) is 4.90 Å². The van der Waals surface area contributed by atoms with E-state index in [0.717, 1.165) is 16.3 Å². The maximum absolute atomic E-state index is 12.9. The number of hydrogen-bond donors (Lipinski definition) is 1. The van der Waals surface area contributed by atoms with Gasteiger partial charge in [-0.15, -0.1) is 0 Å². The molecule has 2 N–H and O–H groups in total. The van der Waals surface area contributed by atoms with Crippen LogP contribution in [0.4, 0.5) is 0 Å². The maximum atomic E-state index is 12.9. The van der Waals surface area contributed by atoms with Gasteiger partial charge in [-0.1, -0.05) is 15.9 Å². The lowest BCUT2D eigenvalue weighted by Crippen LogP contribution is -2.37. The molecular formula is C17H19BrN2O3. The molecule has 122 valence electrons. The van der Waals surface area contributed by atoms with Crippen molar-refractivity contribution in [1.29, 1.82) is 0 Å². The van der Waals surface area contributed by atoms with Crippen LogP contribution in [0.5, 0.6) is 0 Å². The van der Waals surface area contributed by atoms with Crippen molar-refractivity contribution < 1.29 is 9.21 Å². The fourth-order valence-electron chi connectivity index (χ4n) is 3.31. The fraction of sp³-hybridized carbons (Fsp3) is 0.412. The Labute approximate surface area is 142 Å². The predicted octanol–water partition coefficient (Wildman–Crippen LogP) is 2.67. The van der Waals surface area contributed by atoms with Crippen molar-refractivity contribution in [3.8, 4) is 0 Å². The van der Waals surface area contributed by atoms with Gasteiger partial charge in [-0.2, -0.15) is 0 Å². The number of halogens is 1. The van der Waals surface area contributed by atoms with E-state index in [-0.39, 0.29) is 23.4 Å². The number of amides is 1. The minimum Gasteiger partial charge on any atom is -0.422 e. The van der Waals surface area contributed by atoms with Gasteiger partial charge in [0.15, 0.2) is 0 Å². The molecule has 1 saturated heterocycles. The van der Waals surface area contributed by atoms with Crippen LogP contribution >= 0.6 is 15.9 Å². The van der Waals surface area contributed by atoms with Gasteiger partial charge in [0.05, 0.1) is 0 Å². The van der Waals surface area contributed by atoms with Crippen LogP contribution < -0.4 is 11.4 Å². The first-order valence-electron chi connectivity index (χ1n) is 7.66. The van der Waals surface area contributed by atoms with Crippen LogP contribution in [0.25, 0.3) is 11.0 Å². The van der Waals surface area contributed by atoms with Crippen LogP contribution in [-0.4, -0.2) is 29.9 Å². The number of carbonyl (C=O) groups excluding carboxylic acids is 1. The summed E-state index contributed by atoms with van der Waals surface area (Å²) < 4.78 is 6.22. The monoisotopic (exact) mass is 378 g/mol. The third-order valence-corrected chi connectivity index (χ3v) is 5.09. The number of likely N-dealkylation sites (tertiary alicyclic amines) is 1. The van der Waals surface area contributed by atoms with Gasteiger partial charge in [-0.3, -0.25) is 4.79 Å². The number of aryl methyl sites for hydroxylation is 1.